The van der Waals surface area contributed by atoms with Crippen LogP contribution in [0.3, 0.4) is 0 Å². The van der Waals surface area contributed by atoms with E-state index in [1.807, 2.05) is 32.9 Å². The molecule has 2 amide bonds. The Balaban J connectivity index is 1.51. The highest BCUT2D eigenvalue weighted by molar-refractivity contribution is 7.90. The number of anilines is 1. The molecule has 3 aromatic carbocycles. The first-order chi connectivity index (χ1) is 25.3. The van der Waals surface area contributed by atoms with Crippen molar-refractivity contribution in [2.75, 3.05) is 5.32 Å². The van der Waals surface area contributed by atoms with Gasteiger partial charge in [0.05, 0.1) is 17.3 Å². The molecule has 14 heteroatoms. The molecule has 0 radical (unpaired) electrons. The summed E-state index contributed by atoms with van der Waals surface area (Å²) < 4.78 is 64.8. The van der Waals surface area contributed by atoms with E-state index in [0.29, 0.717) is 35.1 Å². The third-order valence-electron chi connectivity index (χ3n) is 8.77. The molecular weight excluding hydrogens is 718 g/mol. The number of alkyl halides is 3. The van der Waals surface area contributed by atoms with Crippen molar-refractivity contribution in [1.82, 2.24) is 19.8 Å². The van der Waals surface area contributed by atoms with Crippen molar-refractivity contribution >= 4 is 29.0 Å². The minimum atomic E-state index is -4.84. The molecule has 0 saturated heterocycles. The van der Waals surface area contributed by atoms with Crippen molar-refractivity contribution in [3.63, 3.8) is 0 Å². The highest BCUT2D eigenvalue weighted by Gasteiger charge is 2.43. The number of carbonyl (C=O) groups is 2. The summed E-state index contributed by atoms with van der Waals surface area (Å²) in [6.07, 6.45) is -1.99. The van der Waals surface area contributed by atoms with Crippen molar-refractivity contribution in [2.24, 2.45) is 5.92 Å². The number of nitrogens with zero attached hydrogens (tertiary/aromatic N) is 3. The molecule has 0 spiro atoms. The monoisotopic (exact) mass is 762 g/mol. The van der Waals surface area contributed by atoms with Crippen LogP contribution in [0.25, 0.3) is 5.69 Å². The number of alkyl carbamates (subject to hydrolysis) is 1. The molecule has 10 nitrogen and oxygen atoms in total. The average Bonchev–Trinajstić information content (AvgIpc) is 3.81. The van der Waals surface area contributed by atoms with Crippen LogP contribution in [-0.2, 0) is 34.4 Å². The molecule has 1 aliphatic carbocycles. The van der Waals surface area contributed by atoms with Gasteiger partial charge in [0.15, 0.2) is 5.69 Å². The summed E-state index contributed by atoms with van der Waals surface area (Å²) in [6, 6.07) is 23.1. The minimum Gasteiger partial charge on any atom is -0.598 e. The number of halogens is 3. The molecule has 2 atom stereocenters. The van der Waals surface area contributed by atoms with E-state index < -0.39 is 51.1 Å². The van der Waals surface area contributed by atoms with E-state index in [9.17, 15) is 32.6 Å². The van der Waals surface area contributed by atoms with Gasteiger partial charge in [0, 0.05) is 29.7 Å². The normalized spacial score (nSPS) is 15.1. The average molecular weight is 763 g/mol. The lowest BCUT2D eigenvalue weighted by Gasteiger charge is -2.39. The van der Waals surface area contributed by atoms with Gasteiger partial charge in [-0.3, -0.25) is 4.79 Å². The standard InChI is InChI=1S/C40H45F3N6O4S/c1-37(2,3)53-36(51)45-25-28-11-8-15-32(21-28)49-33(23-34(47-49)40(41,42)43)35(50)46-31-14-9-13-30(22-31)39(19-18-26-16-17-26,48-54(52)38(4,5)6)29-12-7-10-27(20-29)24-44/h7-15,20-23,26,48H,16-19,25H2,1-6H3,(H,45,51)(H,46,50)/t39-,54?/m1/s1. The minimum absolute atomic E-state index is 0.0122. The van der Waals surface area contributed by atoms with Crippen LogP contribution >= 0.6 is 0 Å². The first kappa shape index (κ1) is 40.3. The second-order valence-corrected chi connectivity index (χ2v) is 17.4. The van der Waals surface area contributed by atoms with Crippen molar-refractivity contribution < 1.29 is 32.0 Å². The summed E-state index contributed by atoms with van der Waals surface area (Å²) in [5, 5.41) is 18.9. The summed E-state index contributed by atoms with van der Waals surface area (Å²) in [6.45, 7) is 10.7. The maximum atomic E-state index is 14.0. The van der Waals surface area contributed by atoms with Crippen LogP contribution in [0.4, 0.5) is 23.7 Å². The molecule has 0 bridgehead atoms. The molecule has 1 aliphatic rings. The number of ether oxygens (including phenoxy) is 1. The van der Waals surface area contributed by atoms with Gasteiger partial charge in [0.25, 0.3) is 5.91 Å². The van der Waals surface area contributed by atoms with Crippen LogP contribution < -0.4 is 15.4 Å². The topological polar surface area (TPSA) is 144 Å². The van der Waals surface area contributed by atoms with Gasteiger partial charge in [-0.15, -0.1) is 4.72 Å². The van der Waals surface area contributed by atoms with Crippen LogP contribution in [0.2, 0.25) is 0 Å². The molecule has 1 unspecified atom stereocenters. The Labute approximate surface area is 316 Å². The van der Waals surface area contributed by atoms with Gasteiger partial charge in [-0.05, 0) is 113 Å². The smallest absolute Gasteiger partial charge is 0.435 e. The van der Waals surface area contributed by atoms with Crippen LogP contribution in [0.5, 0.6) is 0 Å². The molecule has 1 heterocycles. The molecule has 1 fully saturated rings. The molecular formula is C40H45F3N6O4S. The Kier molecular flexibility index (Phi) is 11.9. The Morgan fingerprint density at radius 2 is 1.63 bits per heavy atom. The van der Waals surface area contributed by atoms with Crippen molar-refractivity contribution in [3.8, 4) is 11.8 Å². The summed E-state index contributed by atoms with van der Waals surface area (Å²) in [4.78, 5) is 26.1. The zero-order valence-electron chi connectivity index (χ0n) is 31.1. The lowest BCUT2D eigenvalue weighted by Crippen LogP contribution is -2.52. The summed E-state index contributed by atoms with van der Waals surface area (Å²) >= 11 is -1.57. The number of amides is 2. The fraction of sp³-hybridized carbons (Fsp3) is 0.400. The fourth-order valence-electron chi connectivity index (χ4n) is 5.84. The molecule has 54 heavy (non-hydrogen) atoms. The maximum Gasteiger partial charge on any atom is 0.435 e. The van der Waals surface area contributed by atoms with Crippen LogP contribution in [0.1, 0.15) is 106 Å². The third-order valence-corrected chi connectivity index (χ3v) is 10.4. The second kappa shape index (κ2) is 15.9. The van der Waals surface area contributed by atoms with E-state index in [4.69, 9.17) is 4.74 Å². The zero-order valence-corrected chi connectivity index (χ0v) is 32.0. The fourth-order valence-corrected chi connectivity index (χ4v) is 6.80. The van der Waals surface area contributed by atoms with Gasteiger partial charge in [0.2, 0.25) is 0 Å². The number of rotatable bonds is 12. The lowest BCUT2D eigenvalue weighted by atomic mass is 9.79. The van der Waals surface area contributed by atoms with E-state index in [-0.39, 0.29) is 23.6 Å². The van der Waals surface area contributed by atoms with Gasteiger partial charge in [-0.1, -0.05) is 49.2 Å². The number of aromatic nitrogens is 2. The van der Waals surface area contributed by atoms with Crippen molar-refractivity contribution in [3.05, 3.63) is 113 Å². The van der Waals surface area contributed by atoms with E-state index in [0.717, 1.165) is 29.5 Å². The molecule has 4 aromatic rings. The number of nitrogens with one attached hydrogen (secondary N) is 3. The third kappa shape index (κ3) is 10.2. The van der Waals surface area contributed by atoms with Crippen LogP contribution in [0, 0.1) is 17.2 Å². The van der Waals surface area contributed by atoms with Gasteiger partial charge < -0.3 is 19.9 Å². The van der Waals surface area contributed by atoms with Gasteiger partial charge in [-0.25, -0.2) is 9.48 Å². The maximum absolute atomic E-state index is 14.0. The quantitative estimate of drug-likeness (QED) is 0.123. The van der Waals surface area contributed by atoms with Crippen molar-refractivity contribution in [2.45, 2.75) is 95.8 Å². The first-order valence-corrected chi connectivity index (χ1v) is 18.8. The van der Waals surface area contributed by atoms with Crippen LogP contribution in [0.15, 0.2) is 78.9 Å². The Hall–Kier alpha value is -4.84. The molecule has 0 aliphatic heterocycles. The molecule has 5 rings (SSSR count). The predicted molar refractivity (Wildman–Crippen MR) is 201 cm³/mol. The molecule has 1 aromatic heterocycles. The summed E-state index contributed by atoms with van der Waals surface area (Å²) in [7, 11) is 0. The predicted octanol–water partition coefficient (Wildman–Crippen LogP) is 8.53. The highest BCUT2D eigenvalue weighted by Crippen LogP contribution is 2.43. The lowest BCUT2D eigenvalue weighted by molar-refractivity contribution is -0.141. The molecule has 1 saturated carbocycles. The highest BCUT2D eigenvalue weighted by atomic mass is 32.2. The summed E-state index contributed by atoms with van der Waals surface area (Å²) in [5.41, 5.74) is -0.628. The summed E-state index contributed by atoms with van der Waals surface area (Å²) in [5.74, 6) is -0.347. The molecule has 286 valence electrons. The number of benzene rings is 3. The Morgan fingerprint density at radius 1 is 0.963 bits per heavy atom. The van der Waals surface area contributed by atoms with E-state index >= 15 is 0 Å². The van der Waals surface area contributed by atoms with Gasteiger partial charge >= 0.3 is 12.3 Å². The Bertz CT molecular complexity index is 2030. The Morgan fingerprint density at radius 3 is 2.26 bits per heavy atom. The number of nitriles is 1. The number of hydrogen-bond acceptors (Lipinski definition) is 7. The van der Waals surface area contributed by atoms with Gasteiger partial charge in [-0.2, -0.15) is 23.5 Å². The van der Waals surface area contributed by atoms with Crippen molar-refractivity contribution in [1.29, 1.82) is 5.26 Å². The molecule has 3 N–H and O–H groups in total. The largest absolute Gasteiger partial charge is 0.598 e. The van der Waals surface area contributed by atoms with Gasteiger partial charge in [0.1, 0.15) is 21.6 Å². The van der Waals surface area contributed by atoms with E-state index in [1.165, 1.54) is 12.1 Å². The van der Waals surface area contributed by atoms with E-state index in [1.54, 1.807) is 69.3 Å². The number of carbonyl (C=O) groups excluding carboxylic acids is 2. The second-order valence-electron chi connectivity index (χ2n) is 15.4. The van der Waals surface area contributed by atoms with Crippen LogP contribution in [-0.4, -0.2) is 36.7 Å². The SMILES string of the molecule is CC(C)(C)OC(=O)NCc1cccc(-n2nc(C(F)(F)F)cc2C(=O)Nc2cccc([C@](CCC3CC3)(N[S+]([O-])C(C)(C)C)c3cccc(C#N)c3)c2)c1. The number of hydrogen-bond donors (Lipinski definition) is 3. The zero-order chi connectivity index (χ0) is 39.5. The van der Waals surface area contributed by atoms with E-state index in [2.05, 4.69) is 26.5 Å². The first-order valence-electron chi connectivity index (χ1n) is 17.6.